The molecule has 1 aromatic heterocycles. The lowest BCUT2D eigenvalue weighted by atomic mass is 10.2. The van der Waals surface area contributed by atoms with E-state index in [0.29, 0.717) is 0 Å². The molecule has 0 amide bonds. The zero-order valence-electron chi connectivity index (χ0n) is 8.47. The second kappa shape index (κ2) is 4.31. The molecule has 1 atom stereocenters. The van der Waals surface area contributed by atoms with Gasteiger partial charge < -0.3 is 11.1 Å². The van der Waals surface area contributed by atoms with Crippen molar-refractivity contribution in [2.45, 2.75) is 13.0 Å². The van der Waals surface area contributed by atoms with Crippen LogP contribution in [-0.2, 0) is 0 Å². The first-order valence-electron chi connectivity index (χ1n) is 4.77. The molecular formula is C11H13N3S. The minimum absolute atomic E-state index is 0.215. The first-order valence-corrected chi connectivity index (χ1v) is 5.65. The summed E-state index contributed by atoms with van der Waals surface area (Å²) in [6, 6.07) is 7.95. The van der Waals surface area contributed by atoms with Crippen molar-refractivity contribution in [1.82, 2.24) is 4.98 Å². The van der Waals surface area contributed by atoms with E-state index in [0.717, 1.165) is 16.4 Å². The molecule has 1 unspecified atom stereocenters. The smallest absolute Gasteiger partial charge is 0.115 e. The maximum Gasteiger partial charge on any atom is 0.115 e. The standard InChI is InChI=1S/C11H13N3S/c1-8(11-13-5-6-15-11)14-10-4-2-3-9(12)7-10/h2-8,14H,12H2,1H3. The second-order valence-electron chi connectivity index (χ2n) is 3.36. The van der Waals surface area contributed by atoms with Gasteiger partial charge in [-0.1, -0.05) is 6.07 Å². The van der Waals surface area contributed by atoms with Crippen molar-refractivity contribution in [3.8, 4) is 0 Å². The fourth-order valence-electron chi connectivity index (χ4n) is 1.39. The van der Waals surface area contributed by atoms with Gasteiger partial charge in [0.1, 0.15) is 5.01 Å². The van der Waals surface area contributed by atoms with Crippen LogP contribution in [0.1, 0.15) is 18.0 Å². The summed E-state index contributed by atoms with van der Waals surface area (Å²) in [5, 5.41) is 6.41. The van der Waals surface area contributed by atoms with E-state index in [1.54, 1.807) is 11.3 Å². The van der Waals surface area contributed by atoms with Crippen LogP contribution in [0.4, 0.5) is 11.4 Å². The summed E-state index contributed by atoms with van der Waals surface area (Å²) in [7, 11) is 0. The van der Waals surface area contributed by atoms with E-state index in [2.05, 4.69) is 17.2 Å². The van der Waals surface area contributed by atoms with Crippen molar-refractivity contribution in [3.63, 3.8) is 0 Å². The third-order valence-corrected chi connectivity index (χ3v) is 3.05. The largest absolute Gasteiger partial charge is 0.399 e. The van der Waals surface area contributed by atoms with E-state index >= 15 is 0 Å². The first-order chi connectivity index (χ1) is 7.25. The first kappa shape index (κ1) is 9.98. The van der Waals surface area contributed by atoms with Gasteiger partial charge in [-0.05, 0) is 25.1 Å². The van der Waals surface area contributed by atoms with Gasteiger partial charge in [-0.25, -0.2) is 4.98 Å². The Bertz CT molecular complexity index is 425. The Morgan fingerprint density at radius 3 is 3.00 bits per heavy atom. The van der Waals surface area contributed by atoms with Crippen LogP contribution in [0.3, 0.4) is 0 Å². The van der Waals surface area contributed by atoms with Gasteiger partial charge in [-0.2, -0.15) is 0 Å². The molecule has 0 bridgehead atoms. The summed E-state index contributed by atoms with van der Waals surface area (Å²) in [6.45, 7) is 2.09. The maximum absolute atomic E-state index is 5.70. The van der Waals surface area contributed by atoms with Crippen LogP contribution >= 0.6 is 11.3 Å². The van der Waals surface area contributed by atoms with Crippen LogP contribution in [-0.4, -0.2) is 4.98 Å². The van der Waals surface area contributed by atoms with E-state index in [-0.39, 0.29) is 6.04 Å². The molecular weight excluding hydrogens is 206 g/mol. The Morgan fingerprint density at radius 1 is 1.47 bits per heavy atom. The van der Waals surface area contributed by atoms with Crippen LogP contribution in [0.15, 0.2) is 35.8 Å². The summed E-state index contributed by atoms with van der Waals surface area (Å²) in [4.78, 5) is 4.26. The maximum atomic E-state index is 5.70. The molecule has 15 heavy (non-hydrogen) atoms. The zero-order chi connectivity index (χ0) is 10.7. The highest BCUT2D eigenvalue weighted by atomic mass is 32.1. The molecule has 78 valence electrons. The van der Waals surface area contributed by atoms with E-state index in [4.69, 9.17) is 5.73 Å². The normalized spacial score (nSPS) is 12.3. The van der Waals surface area contributed by atoms with E-state index in [9.17, 15) is 0 Å². The molecule has 1 aromatic carbocycles. The van der Waals surface area contributed by atoms with Gasteiger partial charge in [0.25, 0.3) is 0 Å². The Hall–Kier alpha value is -1.55. The molecule has 0 spiro atoms. The second-order valence-corrected chi connectivity index (χ2v) is 4.29. The number of rotatable bonds is 3. The van der Waals surface area contributed by atoms with Crippen molar-refractivity contribution < 1.29 is 0 Å². The number of benzene rings is 1. The Morgan fingerprint density at radius 2 is 2.33 bits per heavy atom. The number of anilines is 2. The highest BCUT2D eigenvalue weighted by molar-refractivity contribution is 7.09. The molecule has 0 aliphatic heterocycles. The third kappa shape index (κ3) is 2.47. The van der Waals surface area contributed by atoms with Gasteiger partial charge in [0.15, 0.2) is 0 Å². The van der Waals surface area contributed by atoms with Crippen LogP contribution in [0.2, 0.25) is 0 Å². The van der Waals surface area contributed by atoms with Crippen molar-refractivity contribution in [1.29, 1.82) is 0 Å². The van der Waals surface area contributed by atoms with Gasteiger partial charge in [-0.15, -0.1) is 11.3 Å². The summed E-state index contributed by atoms with van der Waals surface area (Å²) >= 11 is 1.65. The molecule has 0 radical (unpaired) electrons. The zero-order valence-corrected chi connectivity index (χ0v) is 9.29. The van der Waals surface area contributed by atoms with E-state index in [1.165, 1.54) is 0 Å². The number of nitrogen functional groups attached to an aromatic ring is 1. The van der Waals surface area contributed by atoms with Gasteiger partial charge in [-0.3, -0.25) is 0 Å². The number of hydrogen-bond donors (Lipinski definition) is 2. The Labute approximate surface area is 93.0 Å². The monoisotopic (exact) mass is 219 g/mol. The molecule has 3 N–H and O–H groups in total. The highest BCUT2D eigenvalue weighted by Gasteiger charge is 2.07. The Kier molecular flexibility index (Phi) is 2.87. The number of nitrogens with one attached hydrogen (secondary N) is 1. The van der Waals surface area contributed by atoms with Gasteiger partial charge in [0, 0.05) is 23.0 Å². The summed E-state index contributed by atoms with van der Waals surface area (Å²) < 4.78 is 0. The fraction of sp³-hybridized carbons (Fsp3) is 0.182. The molecule has 4 heteroatoms. The lowest BCUT2D eigenvalue weighted by Crippen LogP contribution is -2.06. The molecule has 0 aliphatic rings. The average molecular weight is 219 g/mol. The average Bonchev–Trinajstić information content (AvgIpc) is 2.70. The topological polar surface area (TPSA) is 50.9 Å². The van der Waals surface area contributed by atoms with Crippen LogP contribution in [0.5, 0.6) is 0 Å². The molecule has 0 saturated heterocycles. The van der Waals surface area contributed by atoms with E-state index < -0.39 is 0 Å². The van der Waals surface area contributed by atoms with Gasteiger partial charge >= 0.3 is 0 Å². The van der Waals surface area contributed by atoms with Crippen LogP contribution in [0.25, 0.3) is 0 Å². The summed E-state index contributed by atoms with van der Waals surface area (Å²) in [5.41, 5.74) is 7.50. The number of thiazole rings is 1. The minimum atomic E-state index is 0.215. The number of hydrogen-bond acceptors (Lipinski definition) is 4. The molecule has 1 heterocycles. The van der Waals surface area contributed by atoms with Gasteiger partial charge in [0.05, 0.1) is 6.04 Å². The number of aromatic nitrogens is 1. The molecule has 0 saturated carbocycles. The SMILES string of the molecule is CC(Nc1cccc(N)c1)c1nccs1. The third-order valence-electron chi connectivity index (χ3n) is 2.09. The molecule has 2 aromatic rings. The highest BCUT2D eigenvalue weighted by Crippen LogP contribution is 2.21. The number of nitrogens with two attached hydrogens (primary N) is 1. The fourth-order valence-corrected chi connectivity index (χ4v) is 2.03. The molecule has 0 aliphatic carbocycles. The van der Waals surface area contributed by atoms with Gasteiger partial charge in [0.2, 0.25) is 0 Å². The molecule has 3 nitrogen and oxygen atoms in total. The van der Waals surface area contributed by atoms with Crippen molar-refractivity contribution in [2.24, 2.45) is 0 Å². The quantitative estimate of drug-likeness (QED) is 0.780. The van der Waals surface area contributed by atoms with Crippen LogP contribution < -0.4 is 11.1 Å². The van der Waals surface area contributed by atoms with Crippen molar-refractivity contribution in [2.75, 3.05) is 11.1 Å². The van der Waals surface area contributed by atoms with Crippen molar-refractivity contribution >= 4 is 22.7 Å². The predicted molar refractivity (Wildman–Crippen MR) is 65.0 cm³/mol. The predicted octanol–water partition coefficient (Wildman–Crippen LogP) is 2.90. The lowest BCUT2D eigenvalue weighted by Gasteiger charge is -2.12. The van der Waals surface area contributed by atoms with Crippen LogP contribution in [0, 0.1) is 0 Å². The number of nitrogens with zero attached hydrogens (tertiary/aromatic N) is 1. The Balaban J connectivity index is 2.09. The molecule has 2 rings (SSSR count). The van der Waals surface area contributed by atoms with Crippen molar-refractivity contribution in [3.05, 3.63) is 40.8 Å². The van der Waals surface area contributed by atoms with E-state index in [1.807, 2.05) is 35.8 Å². The summed E-state index contributed by atoms with van der Waals surface area (Å²) in [6.07, 6.45) is 1.82. The molecule has 0 fully saturated rings. The summed E-state index contributed by atoms with van der Waals surface area (Å²) in [5.74, 6) is 0. The lowest BCUT2D eigenvalue weighted by molar-refractivity contribution is 0.870. The minimum Gasteiger partial charge on any atom is -0.399 e.